The molecule has 0 bridgehead atoms. The van der Waals surface area contributed by atoms with Gasteiger partial charge in [0.1, 0.15) is 23.8 Å². The van der Waals surface area contributed by atoms with Crippen LogP contribution in [0.15, 0.2) is 53.4 Å². The predicted molar refractivity (Wildman–Crippen MR) is 195 cm³/mol. The minimum atomic E-state index is -3.08. The van der Waals surface area contributed by atoms with Crippen LogP contribution in [0.4, 0.5) is 11.6 Å². The van der Waals surface area contributed by atoms with E-state index >= 15 is 0 Å². The number of benzene rings is 1. The van der Waals surface area contributed by atoms with Gasteiger partial charge in [-0.2, -0.15) is 14.7 Å². The average molecular weight is 749 g/mol. The molecule has 4 aromatic rings. The molecule has 250 valence electrons. The van der Waals surface area contributed by atoms with Crippen molar-refractivity contribution >= 4 is 59.2 Å². The van der Waals surface area contributed by atoms with E-state index in [1.807, 2.05) is 63.0 Å². The second-order valence-corrected chi connectivity index (χ2v) is 28.6. The number of fused-ring (bicyclic) bond motifs is 1. The van der Waals surface area contributed by atoms with Crippen molar-refractivity contribution in [3.05, 3.63) is 53.4 Å². The van der Waals surface area contributed by atoms with Crippen molar-refractivity contribution in [3.8, 4) is 16.8 Å². The molecule has 0 N–H and O–H groups in total. The number of ether oxygens (including phenoxy) is 2. The smallest absolute Gasteiger partial charge is 0.167 e. The zero-order valence-corrected chi connectivity index (χ0v) is 32.1. The lowest BCUT2D eigenvalue weighted by Crippen LogP contribution is -2.41. The molecule has 0 radical (unpaired) electrons. The maximum Gasteiger partial charge on any atom is 0.167 e. The van der Waals surface area contributed by atoms with Gasteiger partial charge in [-0.25, -0.2) is 18.1 Å². The molecular weight excluding hydrogens is 703 g/mol. The number of para-hydroxylation sites is 1. The van der Waals surface area contributed by atoms with E-state index in [0.29, 0.717) is 51.2 Å². The first-order valence-corrected chi connectivity index (χ1v) is 25.8. The van der Waals surface area contributed by atoms with Crippen molar-refractivity contribution in [2.24, 2.45) is 0 Å². The minimum Gasteiger partial charge on any atom is -0.361 e. The van der Waals surface area contributed by atoms with Crippen LogP contribution in [0.25, 0.3) is 22.5 Å². The summed E-state index contributed by atoms with van der Waals surface area (Å²) in [7, 11) is -5.65. The van der Waals surface area contributed by atoms with Gasteiger partial charge < -0.3 is 19.3 Å². The molecule has 1 aromatic carbocycles. The van der Waals surface area contributed by atoms with E-state index in [4.69, 9.17) is 19.6 Å². The molecule has 1 fully saturated rings. The van der Waals surface area contributed by atoms with Gasteiger partial charge in [0.15, 0.2) is 21.3 Å². The van der Waals surface area contributed by atoms with Crippen molar-refractivity contribution in [3.63, 3.8) is 0 Å². The van der Waals surface area contributed by atoms with E-state index < -0.39 is 26.0 Å². The Hall–Kier alpha value is -2.57. The first-order chi connectivity index (χ1) is 21.7. The molecule has 4 heterocycles. The third-order valence-corrected chi connectivity index (χ3v) is 13.6. The Morgan fingerprint density at radius 1 is 0.891 bits per heavy atom. The summed E-state index contributed by atoms with van der Waals surface area (Å²) in [6, 6.07) is 12.1. The summed E-state index contributed by atoms with van der Waals surface area (Å²) in [4.78, 5) is 9.21. The van der Waals surface area contributed by atoms with Crippen molar-refractivity contribution in [1.82, 2.24) is 24.4 Å². The van der Waals surface area contributed by atoms with Gasteiger partial charge in [0.05, 0.1) is 29.6 Å². The summed E-state index contributed by atoms with van der Waals surface area (Å²) in [5.74, 6) is 1.59. The Morgan fingerprint density at radius 3 is 2.09 bits per heavy atom. The van der Waals surface area contributed by atoms with Gasteiger partial charge in [-0.05, 0) is 40.2 Å². The molecule has 0 saturated carbocycles. The lowest BCUT2D eigenvalue weighted by atomic mass is 10.2. The lowest BCUT2D eigenvalue weighted by molar-refractivity contribution is 0.0941. The zero-order chi connectivity index (χ0) is 33.1. The molecule has 1 saturated heterocycles. The Balaban J connectivity index is 1.56. The van der Waals surface area contributed by atoms with Gasteiger partial charge in [-0.3, -0.25) is 0 Å². The number of aromatic nitrogens is 5. The van der Waals surface area contributed by atoms with Crippen LogP contribution >= 0.6 is 15.9 Å². The Kier molecular flexibility index (Phi) is 10.8. The topological polar surface area (TPSA) is 107 Å². The summed E-state index contributed by atoms with van der Waals surface area (Å²) in [6.45, 7) is 16.7. The molecule has 11 nitrogen and oxygen atoms in total. The van der Waals surface area contributed by atoms with E-state index in [1.165, 1.54) is 0 Å². The molecule has 15 heteroatoms. The fourth-order valence-electron chi connectivity index (χ4n) is 5.01. The van der Waals surface area contributed by atoms with Crippen LogP contribution in [-0.4, -0.2) is 100 Å². The summed E-state index contributed by atoms with van der Waals surface area (Å²) >= 11 is 3.88. The van der Waals surface area contributed by atoms with E-state index in [9.17, 15) is 8.42 Å². The van der Waals surface area contributed by atoms with E-state index in [1.54, 1.807) is 0 Å². The lowest BCUT2D eigenvalue weighted by Gasteiger charge is -2.32. The minimum absolute atomic E-state index is 0.0842. The van der Waals surface area contributed by atoms with E-state index in [2.05, 4.69) is 65.2 Å². The summed E-state index contributed by atoms with van der Waals surface area (Å²) in [5.41, 5.74) is 3.29. The fraction of sp³-hybridized carbons (Fsp3) is 0.516. The number of halogens is 1. The molecule has 0 amide bonds. The Morgan fingerprint density at radius 2 is 1.50 bits per heavy atom. The van der Waals surface area contributed by atoms with Gasteiger partial charge in [0.2, 0.25) is 0 Å². The molecule has 0 atom stereocenters. The first-order valence-electron chi connectivity index (χ1n) is 15.7. The highest BCUT2D eigenvalue weighted by Gasteiger charge is 2.29. The standard InChI is InChI=1S/C31H46BrN7O4SSi2/c1-45(2,3)18-14-42-23-37(24-43-15-19-46(4,5)6)31-28(32)30(36-12-16-44(40,41)17-13-36)35-29-27(21-34-39(29)31)25-20-33-38(22-25)26-10-8-7-9-11-26/h7-11,20-22H,12-19,23-24H2,1-6H3. The maximum atomic E-state index is 12.3. The summed E-state index contributed by atoms with van der Waals surface area (Å²) in [5, 5.41) is 9.45. The van der Waals surface area contributed by atoms with Crippen LogP contribution in [0, 0.1) is 0 Å². The van der Waals surface area contributed by atoms with Crippen molar-refractivity contribution in [1.29, 1.82) is 0 Å². The largest absolute Gasteiger partial charge is 0.361 e. The highest BCUT2D eigenvalue weighted by molar-refractivity contribution is 9.10. The van der Waals surface area contributed by atoms with E-state index in [-0.39, 0.29) is 11.5 Å². The Labute approximate surface area is 283 Å². The molecule has 0 spiro atoms. The molecule has 1 aliphatic rings. The van der Waals surface area contributed by atoms with Gasteiger partial charge in [-0.15, -0.1) is 0 Å². The SMILES string of the molecule is C[Si](C)(C)CCOCN(COCC[Si](C)(C)C)c1c(Br)c(N2CCS(=O)(=O)CC2)nc2c(-c3cnn(-c4ccccc4)c3)cnn12. The molecule has 5 rings (SSSR count). The number of rotatable bonds is 14. The monoisotopic (exact) mass is 747 g/mol. The highest BCUT2D eigenvalue weighted by atomic mass is 79.9. The van der Waals surface area contributed by atoms with Crippen LogP contribution in [0.3, 0.4) is 0 Å². The molecular formula is C31H46BrN7O4SSi2. The van der Waals surface area contributed by atoms with Crippen LogP contribution in [-0.2, 0) is 19.3 Å². The molecule has 0 unspecified atom stereocenters. The number of hydrogen-bond acceptors (Lipinski definition) is 9. The Bertz CT molecular complexity index is 1700. The molecule has 3 aromatic heterocycles. The van der Waals surface area contributed by atoms with Crippen molar-refractivity contribution in [2.45, 2.75) is 51.4 Å². The number of nitrogens with zero attached hydrogens (tertiary/aromatic N) is 7. The number of anilines is 2. The second kappa shape index (κ2) is 14.3. The third-order valence-electron chi connectivity index (χ3n) is 7.89. The summed E-state index contributed by atoms with van der Waals surface area (Å²) in [6.07, 6.45) is 5.60. The molecule has 46 heavy (non-hydrogen) atoms. The van der Waals surface area contributed by atoms with Crippen LogP contribution in [0.1, 0.15) is 0 Å². The zero-order valence-electron chi connectivity index (χ0n) is 27.7. The quantitative estimate of drug-likeness (QED) is 0.0871. The molecule has 0 aliphatic carbocycles. The van der Waals surface area contributed by atoms with Gasteiger partial charge in [-0.1, -0.05) is 57.5 Å². The van der Waals surface area contributed by atoms with Crippen LogP contribution < -0.4 is 9.80 Å². The van der Waals surface area contributed by atoms with Crippen molar-refractivity contribution < 1.29 is 17.9 Å². The number of sulfone groups is 1. The summed E-state index contributed by atoms with van der Waals surface area (Å²) < 4.78 is 41.6. The average Bonchev–Trinajstić information content (AvgIpc) is 3.63. The normalized spacial score (nSPS) is 15.5. The van der Waals surface area contributed by atoms with Crippen molar-refractivity contribution in [2.75, 3.05) is 61.1 Å². The highest BCUT2D eigenvalue weighted by Crippen LogP contribution is 2.38. The van der Waals surface area contributed by atoms with E-state index in [0.717, 1.165) is 39.2 Å². The van der Waals surface area contributed by atoms with Crippen LogP contribution in [0.5, 0.6) is 0 Å². The molecule has 1 aliphatic heterocycles. The van der Waals surface area contributed by atoms with Gasteiger partial charge in [0, 0.05) is 59.8 Å². The maximum absolute atomic E-state index is 12.3. The third kappa shape index (κ3) is 8.86. The fourth-order valence-corrected chi connectivity index (χ4v) is 8.48. The second-order valence-electron chi connectivity index (χ2n) is 14.3. The van der Waals surface area contributed by atoms with Gasteiger partial charge >= 0.3 is 0 Å². The first kappa shape index (κ1) is 34.8. The predicted octanol–water partition coefficient (Wildman–Crippen LogP) is 6.01. The van der Waals surface area contributed by atoms with Crippen LogP contribution in [0.2, 0.25) is 51.4 Å². The van der Waals surface area contributed by atoms with Gasteiger partial charge in [0.25, 0.3) is 0 Å². The number of hydrogen-bond donors (Lipinski definition) is 0.